The lowest BCUT2D eigenvalue weighted by Gasteiger charge is -2.20. The van der Waals surface area contributed by atoms with E-state index in [0.717, 1.165) is 5.56 Å². The van der Waals surface area contributed by atoms with Crippen molar-refractivity contribution >= 4 is 15.8 Å². The van der Waals surface area contributed by atoms with Gasteiger partial charge in [-0.25, -0.2) is 8.42 Å². The Balaban J connectivity index is 2.26. The second-order valence-electron chi connectivity index (χ2n) is 7.42. The zero-order valence-electron chi connectivity index (χ0n) is 16.6. The predicted molar refractivity (Wildman–Crippen MR) is 108 cm³/mol. The fourth-order valence-electron chi connectivity index (χ4n) is 2.11. The molecule has 1 aromatic rings. The molecule has 0 radical (unpaired) electrons. The Morgan fingerprint density at radius 2 is 1.85 bits per heavy atom. The summed E-state index contributed by atoms with van der Waals surface area (Å²) in [5, 5.41) is 6.26. The van der Waals surface area contributed by atoms with Gasteiger partial charge in [0.2, 0.25) is 0 Å². The molecule has 148 valence electrons. The molecule has 0 aliphatic rings. The molecule has 0 bridgehead atoms. The molecular formula is C19H33N3O3S. The monoisotopic (exact) mass is 383 g/mol. The third kappa shape index (κ3) is 8.19. The molecule has 0 spiro atoms. The van der Waals surface area contributed by atoms with Crippen LogP contribution < -0.4 is 10.6 Å². The van der Waals surface area contributed by atoms with E-state index < -0.39 is 14.6 Å². The summed E-state index contributed by atoms with van der Waals surface area (Å²) < 4.78 is 29.2. The van der Waals surface area contributed by atoms with Crippen LogP contribution in [0.5, 0.6) is 0 Å². The van der Waals surface area contributed by atoms with Crippen LogP contribution in [0.4, 0.5) is 0 Å². The second kappa shape index (κ2) is 10.5. The molecule has 6 nitrogen and oxygen atoms in total. The number of ether oxygens (including phenoxy) is 1. The molecule has 1 aromatic carbocycles. The third-order valence-corrected chi connectivity index (χ3v) is 6.56. The normalized spacial score (nSPS) is 14.1. The largest absolute Gasteiger partial charge is 0.376 e. The van der Waals surface area contributed by atoms with Crippen LogP contribution in [-0.2, 0) is 21.2 Å². The van der Waals surface area contributed by atoms with Crippen molar-refractivity contribution in [3.8, 4) is 0 Å². The van der Waals surface area contributed by atoms with E-state index in [2.05, 4.69) is 22.5 Å². The average Bonchev–Trinajstić information content (AvgIpc) is 2.57. The maximum absolute atomic E-state index is 12.1. The van der Waals surface area contributed by atoms with Crippen LogP contribution in [0, 0.1) is 5.92 Å². The number of nitrogens with one attached hydrogen (secondary N) is 2. The van der Waals surface area contributed by atoms with E-state index in [1.807, 2.05) is 30.3 Å². The fraction of sp³-hybridized carbons (Fsp3) is 0.632. The van der Waals surface area contributed by atoms with Gasteiger partial charge in [0, 0.05) is 20.1 Å². The molecule has 0 aliphatic heterocycles. The van der Waals surface area contributed by atoms with Gasteiger partial charge in [-0.15, -0.1) is 0 Å². The van der Waals surface area contributed by atoms with E-state index in [9.17, 15) is 8.42 Å². The molecule has 0 heterocycles. The van der Waals surface area contributed by atoms with Crippen LogP contribution in [-0.4, -0.2) is 51.6 Å². The molecule has 7 heteroatoms. The van der Waals surface area contributed by atoms with Crippen molar-refractivity contribution in [3.63, 3.8) is 0 Å². The van der Waals surface area contributed by atoms with Gasteiger partial charge in [0.25, 0.3) is 0 Å². The summed E-state index contributed by atoms with van der Waals surface area (Å²) in [6.07, 6.45) is 0. The third-order valence-electron chi connectivity index (χ3n) is 3.95. The summed E-state index contributed by atoms with van der Waals surface area (Å²) in [7, 11) is -1.47. The fourth-order valence-corrected chi connectivity index (χ4v) is 3.10. The van der Waals surface area contributed by atoms with Crippen LogP contribution in [0.25, 0.3) is 0 Å². The highest BCUT2D eigenvalue weighted by Crippen LogP contribution is 2.15. The highest BCUT2D eigenvalue weighted by atomic mass is 32.2. The maximum Gasteiger partial charge on any atom is 0.191 e. The molecule has 26 heavy (non-hydrogen) atoms. The second-order valence-corrected chi connectivity index (χ2v) is 10.3. The van der Waals surface area contributed by atoms with Crippen molar-refractivity contribution in [3.05, 3.63) is 35.9 Å². The first-order valence-electron chi connectivity index (χ1n) is 8.94. The first-order chi connectivity index (χ1) is 12.2. The van der Waals surface area contributed by atoms with Crippen LogP contribution >= 0.6 is 0 Å². The molecule has 1 rings (SSSR count). The van der Waals surface area contributed by atoms with Crippen molar-refractivity contribution in [1.29, 1.82) is 0 Å². The molecule has 1 unspecified atom stereocenters. The predicted octanol–water partition coefficient (Wildman–Crippen LogP) is 2.22. The Morgan fingerprint density at radius 3 is 2.42 bits per heavy atom. The van der Waals surface area contributed by atoms with E-state index in [1.165, 1.54) is 0 Å². The van der Waals surface area contributed by atoms with E-state index in [0.29, 0.717) is 38.2 Å². The zero-order chi connectivity index (χ0) is 19.6. The molecule has 2 N–H and O–H groups in total. The summed E-state index contributed by atoms with van der Waals surface area (Å²) >= 11 is 0. The summed E-state index contributed by atoms with van der Waals surface area (Å²) in [6, 6.07) is 10.1. The van der Waals surface area contributed by atoms with Crippen molar-refractivity contribution in [2.24, 2.45) is 10.9 Å². The molecule has 0 amide bonds. The van der Waals surface area contributed by atoms with Crippen molar-refractivity contribution in [2.45, 2.75) is 39.0 Å². The van der Waals surface area contributed by atoms with Gasteiger partial charge in [-0.05, 0) is 32.3 Å². The summed E-state index contributed by atoms with van der Waals surface area (Å²) in [4.78, 5) is 4.13. The lowest BCUT2D eigenvalue weighted by atomic mass is 10.2. The van der Waals surface area contributed by atoms with Crippen molar-refractivity contribution in [2.75, 3.05) is 32.5 Å². The summed E-state index contributed by atoms with van der Waals surface area (Å²) in [6.45, 7) is 9.50. The van der Waals surface area contributed by atoms with Gasteiger partial charge in [0.15, 0.2) is 15.8 Å². The van der Waals surface area contributed by atoms with Crippen LogP contribution in [0.1, 0.15) is 33.3 Å². The van der Waals surface area contributed by atoms with Crippen LogP contribution in [0.3, 0.4) is 0 Å². The van der Waals surface area contributed by atoms with E-state index >= 15 is 0 Å². The Hall–Kier alpha value is -1.60. The van der Waals surface area contributed by atoms with Crippen LogP contribution in [0.15, 0.2) is 35.3 Å². The molecule has 0 aliphatic carbocycles. The molecule has 0 saturated carbocycles. The van der Waals surface area contributed by atoms with Gasteiger partial charge >= 0.3 is 0 Å². The molecule has 1 atom stereocenters. The number of guanidine groups is 1. The smallest absolute Gasteiger partial charge is 0.191 e. The number of nitrogens with zero attached hydrogens (tertiary/aromatic N) is 1. The van der Waals surface area contributed by atoms with E-state index in [4.69, 9.17) is 4.74 Å². The minimum atomic E-state index is -3.14. The zero-order valence-corrected chi connectivity index (χ0v) is 17.4. The lowest BCUT2D eigenvalue weighted by molar-refractivity contribution is 0.0931. The summed E-state index contributed by atoms with van der Waals surface area (Å²) in [5.74, 6) is 0.979. The van der Waals surface area contributed by atoms with Gasteiger partial charge < -0.3 is 15.4 Å². The Labute approximate surface area is 158 Å². The Bertz CT molecular complexity index is 652. The molecule has 0 aromatic heterocycles. The number of rotatable bonds is 9. The quantitative estimate of drug-likeness (QED) is 0.505. The van der Waals surface area contributed by atoms with E-state index in [1.54, 1.807) is 27.8 Å². The van der Waals surface area contributed by atoms with Crippen LogP contribution in [0.2, 0.25) is 0 Å². The standard InChI is InChI=1S/C19H33N3O3S/c1-16(14-25-15-17-9-7-6-8-10-17)13-22-18(20-5)21-11-12-26(23,24)19(2,3)4/h6-10,16H,11-15H2,1-5H3,(H2,20,21,22). The summed E-state index contributed by atoms with van der Waals surface area (Å²) in [5.41, 5.74) is 1.16. The first kappa shape index (κ1) is 22.4. The first-order valence-corrected chi connectivity index (χ1v) is 10.6. The number of hydrogen-bond acceptors (Lipinski definition) is 4. The molecule has 0 fully saturated rings. The van der Waals surface area contributed by atoms with Gasteiger partial charge in [-0.2, -0.15) is 0 Å². The van der Waals surface area contributed by atoms with Gasteiger partial charge in [-0.1, -0.05) is 37.3 Å². The minimum Gasteiger partial charge on any atom is -0.376 e. The highest BCUT2D eigenvalue weighted by molar-refractivity contribution is 7.92. The van der Waals surface area contributed by atoms with Crippen molar-refractivity contribution in [1.82, 2.24) is 10.6 Å². The Morgan fingerprint density at radius 1 is 1.19 bits per heavy atom. The Kier molecular flexibility index (Phi) is 9.08. The number of sulfone groups is 1. The van der Waals surface area contributed by atoms with Gasteiger partial charge in [0.05, 0.1) is 23.7 Å². The SMILES string of the molecule is CN=C(NCCS(=O)(=O)C(C)(C)C)NCC(C)COCc1ccccc1. The maximum atomic E-state index is 12.1. The highest BCUT2D eigenvalue weighted by Gasteiger charge is 2.28. The molecule has 0 saturated heterocycles. The average molecular weight is 384 g/mol. The minimum absolute atomic E-state index is 0.0763. The number of hydrogen-bond donors (Lipinski definition) is 2. The van der Waals surface area contributed by atoms with Crippen molar-refractivity contribution < 1.29 is 13.2 Å². The lowest BCUT2D eigenvalue weighted by Crippen LogP contribution is -2.43. The van der Waals surface area contributed by atoms with Gasteiger partial charge in [-0.3, -0.25) is 4.99 Å². The van der Waals surface area contributed by atoms with E-state index in [-0.39, 0.29) is 5.75 Å². The number of benzene rings is 1. The van der Waals surface area contributed by atoms with Gasteiger partial charge in [0.1, 0.15) is 0 Å². The molecular weight excluding hydrogens is 350 g/mol. The topological polar surface area (TPSA) is 79.8 Å². The number of aliphatic imine (C=N–C) groups is 1.